The molecule has 4 amide bonds. The molecule has 0 unspecified atom stereocenters. The maximum Gasteiger partial charge on any atom is 0.410 e. The van der Waals surface area contributed by atoms with E-state index >= 15 is 0 Å². The van der Waals surface area contributed by atoms with Crippen molar-refractivity contribution in [3.8, 4) is 5.75 Å². The second kappa shape index (κ2) is 17.0. The molecule has 0 aliphatic carbocycles. The Balaban J connectivity index is 1.01. The third-order valence-corrected chi connectivity index (χ3v) is 13.4. The molecule has 0 aromatic heterocycles. The number of hydrogen-bond acceptors (Lipinski definition) is 8. The minimum absolute atomic E-state index is 0.00932. The van der Waals surface area contributed by atoms with E-state index in [2.05, 4.69) is 10.2 Å². The number of hydrogen-bond donors (Lipinski definition) is 1. The number of urea groups is 1. The first-order valence-electron chi connectivity index (χ1n) is 19.6. The Labute approximate surface area is 324 Å². The van der Waals surface area contributed by atoms with Gasteiger partial charge < -0.3 is 29.5 Å². The van der Waals surface area contributed by atoms with Gasteiger partial charge in [-0.15, -0.1) is 0 Å². The van der Waals surface area contributed by atoms with Crippen LogP contribution in [0.15, 0.2) is 66.7 Å². The summed E-state index contributed by atoms with van der Waals surface area (Å²) in [5, 5.41) is 3.05. The molecular formula is C42H53N5O7S. The van der Waals surface area contributed by atoms with E-state index in [1.807, 2.05) is 85.5 Å². The molecule has 3 saturated heterocycles. The van der Waals surface area contributed by atoms with Crippen molar-refractivity contribution in [3.05, 3.63) is 94.5 Å². The zero-order chi connectivity index (χ0) is 38.5. The monoisotopic (exact) mass is 771 g/mol. The molecule has 3 aromatic carbocycles. The molecule has 13 heteroatoms. The van der Waals surface area contributed by atoms with Crippen LogP contribution < -0.4 is 10.1 Å². The molecule has 4 aliphatic heterocycles. The Morgan fingerprint density at radius 2 is 1.44 bits per heavy atom. The number of benzene rings is 3. The molecule has 0 spiro atoms. The van der Waals surface area contributed by atoms with Crippen molar-refractivity contribution in [2.45, 2.75) is 77.2 Å². The molecule has 0 saturated carbocycles. The number of piperazine rings is 1. The Kier molecular flexibility index (Phi) is 12.0. The predicted octanol–water partition coefficient (Wildman–Crippen LogP) is 5.21. The van der Waals surface area contributed by atoms with Crippen molar-refractivity contribution in [3.63, 3.8) is 0 Å². The van der Waals surface area contributed by atoms with Crippen LogP contribution in [0, 0.1) is 13.8 Å². The SMILES string of the molecule is Cc1cc(C[C@@H](OC(=O)N2CCC(N3CCc4ccccc4NC3=O)CC2)C(=O)N2CCN(C3CCS(=O)(=O)CC3)CC2)cc(C)c1OCc1ccccc1. The van der Waals surface area contributed by atoms with Gasteiger partial charge in [0.2, 0.25) is 0 Å². The quantitative estimate of drug-likeness (QED) is 0.315. The molecule has 3 fully saturated rings. The Bertz CT molecular complexity index is 1920. The number of nitrogens with zero attached hydrogens (tertiary/aromatic N) is 4. The van der Waals surface area contributed by atoms with Crippen molar-refractivity contribution < 1.29 is 32.3 Å². The summed E-state index contributed by atoms with van der Waals surface area (Å²) in [7, 11) is -2.96. The van der Waals surface area contributed by atoms with E-state index in [0.717, 1.165) is 45.7 Å². The molecule has 4 heterocycles. The van der Waals surface area contributed by atoms with Crippen molar-refractivity contribution in [1.29, 1.82) is 0 Å². The molecule has 1 atom stereocenters. The van der Waals surface area contributed by atoms with Gasteiger partial charge in [0.05, 0.1) is 11.5 Å². The zero-order valence-electron chi connectivity index (χ0n) is 32.0. The van der Waals surface area contributed by atoms with E-state index < -0.39 is 22.0 Å². The van der Waals surface area contributed by atoms with Crippen molar-refractivity contribution in [2.24, 2.45) is 0 Å². The largest absolute Gasteiger partial charge is 0.488 e. The van der Waals surface area contributed by atoms with E-state index in [4.69, 9.17) is 9.47 Å². The summed E-state index contributed by atoms with van der Waals surface area (Å²) >= 11 is 0. The lowest BCUT2D eigenvalue weighted by molar-refractivity contribution is -0.143. The summed E-state index contributed by atoms with van der Waals surface area (Å²) in [6, 6.07) is 21.9. The third kappa shape index (κ3) is 9.44. The summed E-state index contributed by atoms with van der Waals surface area (Å²) in [6.07, 6.45) is 1.90. The number of nitrogens with one attached hydrogen (secondary N) is 1. The van der Waals surface area contributed by atoms with E-state index in [1.165, 1.54) is 0 Å². The average Bonchev–Trinajstić information content (AvgIpc) is 3.35. The second-order valence-electron chi connectivity index (χ2n) is 15.4. The van der Waals surface area contributed by atoms with Gasteiger partial charge in [-0.05, 0) is 79.8 Å². The average molecular weight is 772 g/mol. The first-order chi connectivity index (χ1) is 26.5. The van der Waals surface area contributed by atoms with Crippen LogP contribution in [0.25, 0.3) is 0 Å². The standard InChI is InChI=1S/C42H53N5O7S/c1-30-26-33(27-31(2)39(30)53-29-32-8-4-3-5-9-32)28-38(40(48)45-22-20-44(21-23-45)35-15-24-55(51,52)25-16-35)54-42(50)46-17-13-36(14-18-46)47-19-12-34-10-6-7-11-37(34)43-41(47)49/h3-11,26-27,35-36,38H,12-25,28-29H2,1-2H3,(H,43,49)/t38-/m1/s1. The molecular weight excluding hydrogens is 719 g/mol. The molecule has 1 N–H and O–H groups in total. The highest BCUT2D eigenvalue weighted by atomic mass is 32.2. The minimum atomic E-state index is -2.96. The molecule has 0 radical (unpaired) electrons. The number of likely N-dealkylation sites (tertiary alicyclic amines) is 1. The van der Waals surface area contributed by atoms with Gasteiger partial charge in [0.1, 0.15) is 22.2 Å². The molecule has 4 aliphatic rings. The van der Waals surface area contributed by atoms with Crippen LogP contribution in [0.3, 0.4) is 0 Å². The highest BCUT2D eigenvalue weighted by molar-refractivity contribution is 7.91. The van der Waals surface area contributed by atoms with Crippen LogP contribution in [-0.2, 0) is 38.8 Å². The van der Waals surface area contributed by atoms with Gasteiger partial charge in [-0.1, -0.05) is 60.7 Å². The number of carbonyl (C=O) groups is 3. The van der Waals surface area contributed by atoms with Crippen LogP contribution in [0.1, 0.15) is 53.5 Å². The summed E-state index contributed by atoms with van der Waals surface area (Å²) in [5.41, 5.74) is 5.78. The van der Waals surface area contributed by atoms with Gasteiger partial charge in [0.25, 0.3) is 5.91 Å². The van der Waals surface area contributed by atoms with Crippen molar-refractivity contribution >= 4 is 33.6 Å². The Morgan fingerprint density at radius 1 is 0.782 bits per heavy atom. The highest BCUT2D eigenvalue weighted by Crippen LogP contribution is 2.29. The van der Waals surface area contributed by atoms with Gasteiger partial charge >= 0.3 is 12.1 Å². The van der Waals surface area contributed by atoms with Crippen LogP contribution in [-0.4, -0.2) is 122 Å². The molecule has 294 valence electrons. The number of para-hydroxylation sites is 1. The Morgan fingerprint density at radius 3 is 2.13 bits per heavy atom. The smallest absolute Gasteiger partial charge is 0.410 e. The molecule has 55 heavy (non-hydrogen) atoms. The second-order valence-corrected chi connectivity index (χ2v) is 17.7. The van der Waals surface area contributed by atoms with E-state index in [1.54, 1.807) is 9.80 Å². The van der Waals surface area contributed by atoms with E-state index in [-0.39, 0.29) is 41.9 Å². The molecule has 3 aromatic rings. The number of carbonyl (C=O) groups excluding carboxylic acids is 3. The number of rotatable bonds is 9. The first kappa shape index (κ1) is 38.6. The number of amides is 4. The summed E-state index contributed by atoms with van der Waals surface area (Å²) in [4.78, 5) is 48.9. The lowest BCUT2D eigenvalue weighted by atomic mass is 10.00. The summed E-state index contributed by atoms with van der Waals surface area (Å²) in [5.74, 6) is 0.986. The normalized spacial score (nSPS) is 20.3. The maximum atomic E-state index is 14.3. The van der Waals surface area contributed by atoms with Gasteiger partial charge in [-0.3, -0.25) is 9.69 Å². The van der Waals surface area contributed by atoms with Gasteiger partial charge in [-0.2, -0.15) is 0 Å². The van der Waals surface area contributed by atoms with Crippen LogP contribution in [0.2, 0.25) is 0 Å². The minimum Gasteiger partial charge on any atom is -0.488 e. The third-order valence-electron chi connectivity index (χ3n) is 11.7. The van der Waals surface area contributed by atoms with Crippen LogP contribution in [0.5, 0.6) is 5.75 Å². The van der Waals surface area contributed by atoms with Crippen LogP contribution >= 0.6 is 0 Å². The molecule has 12 nitrogen and oxygen atoms in total. The number of ether oxygens (including phenoxy) is 2. The van der Waals surface area contributed by atoms with Gasteiger partial charge in [0, 0.05) is 70.0 Å². The van der Waals surface area contributed by atoms with Gasteiger partial charge in [0.15, 0.2) is 6.10 Å². The first-order valence-corrected chi connectivity index (χ1v) is 21.5. The molecule has 0 bridgehead atoms. The number of aryl methyl sites for hydroxylation is 2. The number of sulfone groups is 1. The van der Waals surface area contributed by atoms with E-state index in [0.29, 0.717) is 78.1 Å². The maximum absolute atomic E-state index is 14.3. The fourth-order valence-corrected chi connectivity index (χ4v) is 10.0. The van der Waals surface area contributed by atoms with Crippen molar-refractivity contribution in [2.75, 3.05) is 62.6 Å². The van der Waals surface area contributed by atoms with Gasteiger partial charge in [-0.25, -0.2) is 18.0 Å². The highest BCUT2D eigenvalue weighted by Gasteiger charge is 2.37. The lowest BCUT2D eigenvalue weighted by Gasteiger charge is -2.41. The number of anilines is 1. The number of piperidine rings is 1. The zero-order valence-corrected chi connectivity index (χ0v) is 32.8. The summed E-state index contributed by atoms with van der Waals surface area (Å²) in [6.45, 7) is 8.11. The predicted molar refractivity (Wildman–Crippen MR) is 211 cm³/mol. The topological polar surface area (TPSA) is 129 Å². The van der Waals surface area contributed by atoms with Crippen LogP contribution in [0.4, 0.5) is 15.3 Å². The summed E-state index contributed by atoms with van der Waals surface area (Å²) < 4.78 is 36.4. The fraction of sp³-hybridized carbons (Fsp3) is 0.500. The Hall–Kier alpha value is -4.62. The lowest BCUT2D eigenvalue weighted by Crippen LogP contribution is -2.56. The van der Waals surface area contributed by atoms with Crippen molar-refractivity contribution in [1.82, 2.24) is 19.6 Å². The molecule has 7 rings (SSSR count). The number of fused-ring (bicyclic) bond motifs is 1. The van der Waals surface area contributed by atoms with E-state index in [9.17, 15) is 22.8 Å². The fourth-order valence-electron chi connectivity index (χ4n) is 8.56.